The lowest BCUT2D eigenvalue weighted by molar-refractivity contribution is 0.0766. The van der Waals surface area contributed by atoms with Crippen molar-refractivity contribution in [1.82, 2.24) is 4.90 Å². The molecule has 1 aliphatic rings. The molecule has 0 radical (unpaired) electrons. The van der Waals surface area contributed by atoms with Crippen LogP contribution in [0.3, 0.4) is 0 Å². The second kappa shape index (κ2) is 7.13. The Balaban J connectivity index is 1.70. The van der Waals surface area contributed by atoms with Gasteiger partial charge in [-0.15, -0.1) is 0 Å². The molecule has 2 aromatic rings. The fourth-order valence-corrected chi connectivity index (χ4v) is 3.95. The monoisotopic (exact) mass is 333 g/mol. The van der Waals surface area contributed by atoms with Crippen LogP contribution in [0.4, 0.5) is 8.78 Å². The van der Waals surface area contributed by atoms with Crippen LogP contribution in [0.5, 0.6) is 0 Å². The van der Waals surface area contributed by atoms with Crippen LogP contribution in [0.25, 0.3) is 0 Å². The Labute approximate surface area is 138 Å². The second-order valence-electron chi connectivity index (χ2n) is 5.48. The molecule has 2 aromatic carbocycles. The first-order chi connectivity index (χ1) is 11.1. The first-order valence-electron chi connectivity index (χ1n) is 7.56. The van der Waals surface area contributed by atoms with Gasteiger partial charge in [-0.3, -0.25) is 4.79 Å². The molecule has 5 heteroatoms. The summed E-state index contributed by atoms with van der Waals surface area (Å²) in [6, 6.07) is 13.6. The van der Waals surface area contributed by atoms with E-state index in [4.69, 9.17) is 0 Å². The molecule has 2 nitrogen and oxygen atoms in total. The first-order valence-corrected chi connectivity index (χ1v) is 8.61. The summed E-state index contributed by atoms with van der Waals surface area (Å²) in [6.45, 7) is 1.23. The van der Waals surface area contributed by atoms with Crippen molar-refractivity contribution < 1.29 is 13.6 Å². The maximum absolute atomic E-state index is 13.3. The van der Waals surface area contributed by atoms with Gasteiger partial charge in [0.15, 0.2) is 11.6 Å². The molecule has 0 aliphatic carbocycles. The minimum atomic E-state index is -0.984. The van der Waals surface area contributed by atoms with E-state index in [0.29, 0.717) is 18.3 Å². The van der Waals surface area contributed by atoms with Crippen LogP contribution in [0.15, 0.2) is 48.5 Å². The summed E-state index contributed by atoms with van der Waals surface area (Å²) < 4.78 is 26.3. The molecule has 0 spiro atoms. The van der Waals surface area contributed by atoms with E-state index in [-0.39, 0.29) is 11.5 Å². The summed E-state index contributed by atoms with van der Waals surface area (Å²) in [5, 5.41) is 0.360. The number of rotatable bonds is 2. The minimum absolute atomic E-state index is 0.201. The smallest absolute Gasteiger partial charge is 0.253 e. The highest BCUT2D eigenvalue weighted by Crippen LogP contribution is 2.34. The number of halogens is 2. The molecule has 1 aliphatic heterocycles. The van der Waals surface area contributed by atoms with Crippen molar-refractivity contribution in [2.24, 2.45) is 0 Å². The second-order valence-corrected chi connectivity index (χ2v) is 6.79. The SMILES string of the molecule is O=C(c1ccc(F)c(F)c1)N1CCSC(c2ccccc2)CC1. The number of benzene rings is 2. The fourth-order valence-electron chi connectivity index (χ4n) is 2.72. The zero-order valence-corrected chi connectivity index (χ0v) is 13.4. The summed E-state index contributed by atoms with van der Waals surface area (Å²) in [7, 11) is 0. The van der Waals surface area contributed by atoms with E-state index in [1.54, 1.807) is 4.90 Å². The van der Waals surface area contributed by atoms with Crippen molar-refractivity contribution in [1.29, 1.82) is 0 Å². The lowest BCUT2D eigenvalue weighted by Gasteiger charge is -2.20. The van der Waals surface area contributed by atoms with Gasteiger partial charge in [0.25, 0.3) is 5.91 Å². The summed E-state index contributed by atoms with van der Waals surface area (Å²) in [6.07, 6.45) is 0.851. The Morgan fingerprint density at radius 3 is 2.57 bits per heavy atom. The number of nitrogens with zero attached hydrogens (tertiary/aromatic N) is 1. The number of thioether (sulfide) groups is 1. The quantitative estimate of drug-likeness (QED) is 0.817. The van der Waals surface area contributed by atoms with Gasteiger partial charge in [-0.2, -0.15) is 11.8 Å². The molecule has 0 bridgehead atoms. The predicted octanol–water partition coefficient (Wildman–Crippen LogP) is 4.29. The summed E-state index contributed by atoms with van der Waals surface area (Å²) in [4.78, 5) is 14.2. The third-order valence-electron chi connectivity index (χ3n) is 3.97. The molecule has 1 saturated heterocycles. The van der Waals surface area contributed by atoms with Crippen molar-refractivity contribution in [2.75, 3.05) is 18.8 Å². The third-order valence-corrected chi connectivity index (χ3v) is 5.30. The Hall–Kier alpha value is -1.88. The summed E-state index contributed by atoms with van der Waals surface area (Å²) >= 11 is 1.83. The van der Waals surface area contributed by atoms with Crippen LogP contribution >= 0.6 is 11.8 Å². The normalized spacial score (nSPS) is 18.5. The average molecular weight is 333 g/mol. The molecule has 1 atom stereocenters. The maximum atomic E-state index is 13.3. The third kappa shape index (κ3) is 3.72. The number of hydrogen-bond donors (Lipinski definition) is 0. The van der Waals surface area contributed by atoms with E-state index >= 15 is 0 Å². The van der Waals surface area contributed by atoms with Gasteiger partial charge in [0.1, 0.15) is 0 Å². The van der Waals surface area contributed by atoms with Crippen LogP contribution in [-0.2, 0) is 0 Å². The highest BCUT2D eigenvalue weighted by molar-refractivity contribution is 7.99. The number of carbonyl (C=O) groups excluding carboxylic acids is 1. The van der Waals surface area contributed by atoms with Gasteiger partial charge in [-0.05, 0) is 30.2 Å². The van der Waals surface area contributed by atoms with Gasteiger partial charge < -0.3 is 4.90 Å². The van der Waals surface area contributed by atoms with Crippen LogP contribution in [0.2, 0.25) is 0 Å². The van der Waals surface area contributed by atoms with Crippen molar-refractivity contribution in [3.63, 3.8) is 0 Å². The molecule has 0 aromatic heterocycles. The van der Waals surface area contributed by atoms with Gasteiger partial charge in [-0.1, -0.05) is 30.3 Å². The highest BCUT2D eigenvalue weighted by Gasteiger charge is 2.23. The largest absolute Gasteiger partial charge is 0.338 e. The fraction of sp³-hybridized carbons (Fsp3) is 0.278. The van der Waals surface area contributed by atoms with Crippen molar-refractivity contribution >= 4 is 17.7 Å². The van der Waals surface area contributed by atoms with Crippen LogP contribution in [0.1, 0.15) is 27.6 Å². The Kier molecular flexibility index (Phi) is 4.96. The van der Waals surface area contributed by atoms with E-state index < -0.39 is 11.6 Å². The summed E-state index contributed by atoms with van der Waals surface area (Å²) in [5.41, 5.74) is 1.46. The molecule has 0 saturated carbocycles. The number of amides is 1. The zero-order valence-electron chi connectivity index (χ0n) is 12.5. The first kappa shape index (κ1) is 16.0. The Morgan fingerprint density at radius 1 is 1.04 bits per heavy atom. The van der Waals surface area contributed by atoms with E-state index in [1.807, 2.05) is 30.0 Å². The predicted molar refractivity (Wildman–Crippen MR) is 88.5 cm³/mol. The van der Waals surface area contributed by atoms with E-state index in [0.717, 1.165) is 24.3 Å². The number of hydrogen-bond acceptors (Lipinski definition) is 2. The van der Waals surface area contributed by atoms with Crippen LogP contribution < -0.4 is 0 Å². The molecule has 1 unspecified atom stereocenters. The maximum Gasteiger partial charge on any atom is 0.253 e. The van der Waals surface area contributed by atoms with E-state index in [1.165, 1.54) is 11.6 Å². The van der Waals surface area contributed by atoms with Crippen molar-refractivity contribution in [3.8, 4) is 0 Å². The lowest BCUT2D eigenvalue weighted by atomic mass is 10.1. The topological polar surface area (TPSA) is 20.3 Å². The van der Waals surface area contributed by atoms with Crippen LogP contribution in [0, 0.1) is 11.6 Å². The summed E-state index contributed by atoms with van der Waals surface area (Å²) in [5.74, 6) is -1.33. The lowest BCUT2D eigenvalue weighted by Crippen LogP contribution is -2.33. The average Bonchev–Trinajstić information content (AvgIpc) is 2.83. The molecular formula is C18H17F2NOS. The van der Waals surface area contributed by atoms with E-state index in [2.05, 4.69) is 12.1 Å². The molecule has 3 rings (SSSR count). The van der Waals surface area contributed by atoms with Gasteiger partial charge in [0, 0.05) is 29.7 Å². The minimum Gasteiger partial charge on any atom is -0.338 e. The van der Waals surface area contributed by atoms with Gasteiger partial charge in [0.2, 0.25) is 0 Å². The Morgan fingerprint density at radius 2 is 1.83 bits per heavy atom. The van der Waals surface area contributed by atoms with Crippen molar-refractivity contribution in [2.45, 2.75) is 11.7 Å². The molecule has 23 heavy (non-hydrogen) atoms. The zero-order chi connectivity index (χ0) is 16.2. The molecule has 1 fully saturated rings. The molecular weight excluding hydrogens is 316 g/mol. The van der Waals surface area contributed by atoms with E-state index in [9.17, 15) is 13.6 Å². The standard InChI is InChI=1S/C18H17F2NOS/c19-15-7-6-14(12-16(15)20)18(22)21-9-8-17(23-11-10-21)13-4-2-1-3-5-13/h1-7,12,17H,8-11H2. The van der Waals surface area contributed by atoms with Crippen molar-refractivity contribution in [3.05, 3.63) is 71.3 Å². The van der Waals surface area contributed by atoms with Gasteiger partial charge in [-0.25, -0.2) is 8.78 Å². The highest BCUT2D eigenvalue weighted by atomic mass is 32.2. The van der Waals surface area contributed by atoms with Gasteiger partial charge in [0.05, 0.1) is 0 Å². The molecule has 1 amide bonds. The van der Waals surface area contributed by atoms with Gasteiger partial charge >= 0.3 is 0 Å². The Bertz CT molecular complexity index is 693. The molecule has 1 heterocycles. The van der Waals surface area contributed by atoms with Crippen LogP contribution in [-0.4, -0.2) is 29.6 Å². The molecule has 0 N–H and O–H groups in total. The molecule has 120 valence electrons. The number of carbonyl (C=O) groups is 1.